The summed E-state index contributed by atoms with van der Waals surface area (Å²) in [6, 6.07) is 6.49. The standard InChI is InChI=1S/C12H11FN2/c1-9-11(7-14-8-15-9)6-10-2-4-12(13)5-3-10/h2-5,7-8H,6H2,1H3. The number of hydrogen-bond donors (Lipinski definition) is 0. The van der Waals surface area contributed by atoms with Crippen LogP contribution in [0.25, 0.3) is 0 Å². The number of aromatic nitrogens is 2. The maximum absolute atomic E-state index is 12.7. The predicted molar refractivity (Wildman–Crippen MR) is 56.0 cm³/mol. The molecule has 1 aromatic carbocycles. The second-order valence-electron chi connectivity index (χ2n) is 3.44. The highest BCUT2D eigenvalue weighted by molar-refractivity contribution is 5.26. The Balaban J connectivity index is 2.22. The van der Waals surface area contributed by atoms with Crippen molar-refractivity contribution < 1.29 is 4.39 Å². The molecule has 2 aromatic rings. The van der Waals surface area contributed by atoms with Crippen LogP contribution < -0.4 is 0 Å². The van der Waals surface area contributed by atoms with E-state index >= 15 is 0 Å². The normalized spacial score (nSPS) is 10.3. The van der Waals surface area contributed by atoms with Gasteiger partial charge in [0.05, 0.1) is 0 Å². The zero-order valence-electron chi connectivity index (χ0n) is 8.44. The van der Waals surface area contributed by atoms with E-state index < -0.39 is 0 Å². The molecule has 2 nitrogen and oxygen atoms in total. The molecule has 0 saturated heterocycles. The Morgan fingerprint density at radius 3 is 2.60 bits per heavy atom. The third-order valence-corrected chi connectivity index (χ3v) is 2.32. The summed E-state index contributed by atoms with van der Waals surface area (Å²) in [7, 11) is 0. The molecule has 0 radical (unpaired) electrons. The lowest BCUT2D eigenvalue weighted by Crippen LogP contribution is -1.95. The quantitative estimate of drug-likeness (QED) is 0.747. The van der Waals surface area contributed by atoms with E-state index in [-0.39, 0.29) is 5.82 Å². The van der Waals surface area contributed by atoms with E-state index in [0.29, 0.717) is 0 Å². The van der Waals surface area contributed by atoms with Crippen LogP contribution in [0.1, 0.15) is 16.8 Å². The molecule has 3 heteroatoms. The smallest absolute Gasteiger partial charge is 0.123 e. The summed E-state index contributed by atoms with van der Waals surface area (Å²) in [6.07, 6.45) is 4.07. The van der Waals surface area contributed by atoms with Crippen LogP contribution in [-0.4, -0.2) is 9.97 Å². The number of nitrogens with zero attached hydrogens (tertiary/aromatic N) is 2. The van der Waals surface area contributed by atoms with Gasteiger partial charge >= 0.3 is 0 Å². The highest BCUT2D eigenvalue weighted by Gasteiger charge is 2.00. The Morgan fingerprint density at radius 1 is 1.20 bits per heavy atom. The van der Waals surface area contributed by atoms with E-state index in [0.717, 1.165) is 23.2 Å². The van der Waals surface area contributed by atoms with E-state index in [2.05, 4.69) is 9.97 Å². The fourth-order valence-corrected chi connectivity index (χ4v) is 1.42. The van der Waals surface area contributed by atoms with Crippen molar-refractivity contribution >= 4 is 0 Å². The van der Waals surface area contributed by atoms with Gasteiger partial charge < -0.3 is 0 Å². The van der Waals surface area contributed by atoms with Gasteiger partial charge in [0.25, 0.3) is 0 Å². The van der Waals surface area contributed by atoms with E-state index in [1.54, 1.807) is 18.3 Å². The first-order valence-electron chi connectivity index (χ1n) is 4.75. The highest BCUT2D eigenvalue weighted by Crippen LogP contribution is 2.11. The molecule has 0 aliphatic carbocycles. The summed E-state index contributed by atoms with van der Waals surface area (Å²) >= 11 is 0. The summed E-state index contributed by atoms with van der Waals surface area (Å²) in [5.74, 6) is -0.209. The van der Waals surface area contributed by atoms with Gasteiger partial charge in [0.2, 0.25) is 0 Å². The van der Waals surface area contributed by atoms with E-state index in [9.17, 15) is 4.39 Å². The van der Waals surface area contributed by atoms with Gasteiger partial charge in [0.1, 0.15) is 12.1 Å². The maximum atomic E-state index is 12.7. The van der Waals surface area contributed by atoms with Crippen molar-refractivity contribution in [3.8, 4) is 0 Å². The second kappa shape index (κ2) is 4.17. The van der Waals surface area contributed by atoms with Crippen molar-refractivity contribution in [1.82, 2.24) is 9.97 Å². The van der Waals surface area contributed by atoms with Gasteiger partial charge in [-0.3, -0.25) is 0 Å². The molecule has 76 valence electrons. The monoisotopic (exact) mass is 202 g/mol. The molecule has 0 amide bonds. The van der Waals surface area contributed by atoms with Crippen LogP contribution in [0.15, 0.2) is 36.8 Å². The minimum absolute atomic E-state index is 0.209. The summed E-state index contributed by atoms with van der Waals surface area (Å²) in [5.41, 5.74) is 3.10. The van der Waals surface area contributed by atoms with Gasteiger partial charge in [-0.2, -0.15) is 0 Å². The summed E-state index contributed by atoms with van der Waals surface area (Å²) in [4.78, 5) is 8.08. The zero-order chi connectivity index (χ0) is 10.7. The zero-order valence-corrected chi connectivity index (χ0v) is 8.44. The molecule has 1 heterocycles. The summed E-state index contributed by atoms with van der Waals surface area (Å²) < 4.78 is 12.7. The van der Waals surface area contributed by atoms with Gasteiger partial charge in [-0.15, -0.1) is 0 Å². The number of rotatable bonds is 2. The minimum atomic E-state index is -0.209. The van der Waals surface area contributed by atoms with Crippen molar-refractivity contribution in [2.24, 2.45) is 0 Å². The topological polar surface area (TPSA) is 25.8 Å². The number of benzene rings is 1. The van der Waals surface area contributed by atoms with Gasteiger partial charge in [-0.25, -0.2) is 14.4 Å². The van der Waals surface area contributed by atoms with Crippen LogP contribution in [0.3, 0.4) is 0 Å². The van der Waals surface area contributed by atoms with E-state index in [1.165, 1.54) is 18.5 Å². The fraction of sp³-hybridized carbons (Fsp3) is 0.167. The molecule has 0 spiro atoms. The number of halogens is 1. The Hall–Kier alpha value is -1.77. The van der Waals surface area contributed by atoms with Gasteiger partial charge in [0, 0.05) is 18.3 Å². The third kappa shape index (κ3) is 2.37. The first-order chi connectivity index (χ1) is 7.25. The molecule has 0 aliphatic heterocycles. The van der Waals surface area contributed by atoms with Crippen LogP contribution in [0.2, 0.25) is 0 Å². The van der Waals surface area contributed by atoms with Crippen LogP contribution >= 0.6 is 0 Å². The summed E-state index contributed by atoms with van der Waals surface area (Å²) in [5, 5.41) is 0. The van der Waals surface area contributed by atoms with Crippen molar-refractivity contribution in [3.05, 3.63) is 59.4 Å². The van der Waals surface area contributed by atoms with Crippen LogP contribution in [0, 0.1) is 12.7 Å². The second-order valence-corrected chi connectivity index (χ2v) is 3.44. The predicted octanol–water partition coefficient (Wildman–Crippen LogP) is 2.51. The van der Waals surface area contributed by atoms with Crippen molar-refractivity contribution in [1.29, 1.82) is 0 Å². The molecule has 0 saturated carbocycles. The largest absolute Gasteiger partial charge is 0.245 e. The Morgan fingerprint density at radius 2 is 1.93 bits per heavy atom. The highest BCUT2D eigenvalue weighted by atomic mass is 19.1. The lowest BCUT2D eigenvalue weighted by atomic mass is 10.1. The first-order valence-corrected chi connectivity index (χ1v) is 4.75. The van der Waals surface area contributed by atoms with Crippen LogP contribution in [0.5, 0.6) is 0 Å². The van der Waals surface area contributed by atoms with Gasteiger partial charge in [-0.05, 0) is 30.2 Å². The van der Waals surface area contributed by atoms with Crippen molar-refractivity contribution in [2.45, 2.75) is 13.3 Å². The van der Waals surface area contributed by atoms with Gasteiger partial charge in [0.15, 0.2) is 0 Å². The molecule has 0 N–H and O–H groups in total. The molecule has 0 atom stereocenters. The SMILES string of the molecule is Cc1ncncc1Cc1ccc(F)cc1. The molecule has 1 aromatic heterocycles. The molecule has 0 bridgehead atoms. The first kappa shape index (κ1) is 9.77. The minimum Gasteiger partial charge on any atom is -0.245 e. The average Bonchev–Trinajstić information content (AvgIpc) is 2.25. The van der Waals surface area contributed by atoms with Crippen molar-refractivity contribution in [3.63, 3.8) is 0 Å². The Labute approximate surface area is 87.8 Å². The number of hydrogen-bond acceptors (Lipinski definition) is 2. The molecular weight excluding hydrogens is 191 g/mol. The number of aryl methyl sites for hydroxylation is 1. The lowest BCUT2D eigenvalue weighted by Gasteiger charge is -2.03. The fourth-order valence-electron chi connectivity index (χ4n) is 1.42. The summed E-state index contributed by atoms with van der Waals surface area (Å²) in [6.45, 7) is 1.94. The molecular formula is C12H11FN2. The Kier molecular flexibility index (Phi) is 2.72. The van der Waals surface area contributed by atoms with E-state index in [1.807, 2.05) is 6.92 Å². The van der Waals surface area contributed by atoms with Crippen LogP contribution in [-0.2, 0) is 6.42 Å². The van der Waals surface area contributed by atoms with Gasteiger partial charge in [-0.1, -0.05) is 12.1 Å². The molecule has 0 unspecified atom stereocenters. The average molecular weight is 202 g/mol. The molecule has 15 heavy (non-hydrogen) atoms. The van der Waals surface area contributed by atoms with E-state index in [4.69, 9.17) is 0 Å². The third-order valence-electron chi connectivity index (χ3n) is 2.32. The molecule has 0 fully saturated rings. The van der Waals surface area contributed by atoms with Crippen molar-refractivity contribution in [2.75, 3.05) is 0 Å². The molecule has 2 rings (SSSR count). The lowest BCUT2D eigenvalue weighted by molar-refractivity contribution is 0.627. The van der Waals surface area contributed by atoms with Crippen LogP contribution in [0.4, 0.5) is 4.39 Å². The maximum Gasteiger partial charge on any atom is 0.123 e. The molecule has 0 aliphatic rings. The Bertz CT molecular complexity index is 451.